The van der Waals surface area contributed by atoms with Gasteiger partial charge in [-0.05, 0) is 60.2 Å². The van der Waals surface area contributed by atoms with Crippen molar-refractivity contribution in [1.82, 2.24) is 0 Å². The lowest BCUT2D eigenvalue weighted by Crippen LogP contribution is -2.10. The molecular weight excluding hydrogens is 367 g/mol. The van der Waals surface area contributed by atoms with Crippen LogP contribution in [-0.4, -0.2) is 11.8 Å². The van der Waals surface area contributed by atoms with Crippen LogP contribution in [0.5, 0.6) is 5.75 Å². The molecule has 3 nitrogen and oxygen atoms in total. The number of benzene rings is 3. The van der Waals surface area contributed by atoms with Crippen LogP contribution in [0.15, 0.2) is 78.9 Å². The minimum Gasteiger partial charge on any atom is -0.423 e. The first kappa shape index (κ1) is 18.5. The van der Waals surface area contributed by atoms with Crippen molar-refractivity contribution in [3.05, 3.63) is 106 Å². The second kappa shape index (κ2) is 8.43. The summed E-state index contributed by atoms with van der Waals surface area (Å²) in [5, 5.41) is 0.624. The molecule has 0 fully saturated rings. The number of halogens is 2. The van der Waals surface area contributed by atoms with Gasteiger partial charge in [-0.1, -0.05) is 41.9 Å². The zero-order valence-electron chi connectivity index (χ0n) is 14.1. The third-order valence-electron chi connectivity index (χ3n) is 3.74. The van der Waals surface area contributed by atoms with Gasteiger partial charge in [-0.15, -0.1) is 0 Å². The van der Waals surface area contributed by atoms with Gasteiger partial charge in [0.2, 0.25) is 0 Å². The Balaban J connectivity index is 1.66. The predicted molar refractivity (Wildman–Crippen MR) is 103 cm³/mol. The Hall–Kier alpha value is -3.24. The summed E-state index contributed by atoms with van der Waals surface area (Å²) in [7, 11) is 0. The van der Waals surface area contributed by atoms with E-state index < -0.39 is 11.8 Å². The van der Waals surface area contributed by atoms with Gasteiger partial charge in [-0.2, -0.15) is 0 Å². The molecule has 3 rings (SSSR count). The molecule has 0 N–H and O–H groups in total. The molecule has 0 unspecified atom stereocenters. The lowest BCUT2D eigenvalue weighted by atomic mass is 10.1. The van der Waals surface area contributed by atoms with Gasteiger partial charge in [0.25, 0.3) is 0 Å². The molecule has 0 heterocycles. The summed E-state index contributed by atoms with van der Waals surface area (Å²) in [5.41, 5.74) is 1.14. The number of ketones is 1. The molecule has 3 aromatic rings. The number of ether oxygens (including phenoxy) is 1. The van der Waals surface area contributed by atoms with Crippen LogP contribution >= 0.6 is 11.6 Å². The first-order valence-corrected chi connectivity index (χ1v) is 8.45. The second-order valence-corrected chi connectivity index (χ2v) is 6.08. The fourth-order valence-electron chi connectivity index (χ4n) is 2.32. The van der Waals surface area contributed by atoms with E-state index in [0.717, 1.165) is 5.56 Å². The van der Waals surface area contributed by atoms with Crippen molar-refractivity contribution in [2.45, 2.75) is 0 Å². The van der Waals surface area contributed by atoms with Gasteiger partial charge >= 0.3 is 5.97 Å². The maximum Gasteiger partial charge on any atom is 0.346 e. The first-order valence-electron chi connectivity index (χ1n) is 8.08. The van der Waals surface area contributed by atoms with Gasteiger partial charge in [-0.25, -0.2) is 9.18 Å². The minimum atomic E-state index is -0.796. The molecule has 0 bridgehead atoms. The second-order valence-electron chi connectivity index (χ2n) is 5.64. The molecule has 27 heavy (non-hydrogen) atoms. The summed E-state index contributed by atoms with van der Waals surface area (Å²) in [6.07, 6.45) is 3.13. The molecule has 0 atom stereocenters. The molecule has 0 aliphatic heterocycles. The van der Waals surface area contributed by atoms with Crippen molar-refractivity contribution in [2.24, 2.45) is 0 Å². The number of carbonyl (C=O) groups is 2. The summed E-state index contributed by atoms with van der Waals surface area (Å²) in [5.74, 6) is -1.42. The number of carbonyl (C=O) groups excluding carboxylic acids is 2. The van der Waals surface area contributed by atoms with Crippen LogP contribution in [0.2, 0.25) is 5.02 Å². The van der Waals surface area contributed by atoms with E-state index in [1.54, 1.807) is 48.5 Å². The molecule has 0 spiro atoms. The quantitative estimate of drug-likeness (QED) is 0.250. The van der Waals surface area contributed by atoms with Gasteiger partial charge < -0.3 is 4.74 Å². The standard InChI is InChI=1S/C22H14ClFO3/c23-17-10-5-15(6-11-17)7-14-21(25)16-8-12-18(13-9-16)27-22(26)19-3-1-2-4-20(19)24/h1-14H. The molecule has 0 aliphatic carbocycles. The van der Waals surface area contributed by atoms with E-state index in [1.807, 2.05) is 0 Å². The van der Waals surface area contributed by atoms with Crippen LogP contribution in [0.4, 0.5) is 4.39 Å². The molecule has 0 radical (unpaired) electrons. The normalized spacial score (nSPS) is 10.7. The third kappa shape index (κ3) is 4.90. The molecule has 0 saturated heterocycles. The van der Waals surface area contributed by atoms with Crippen molar-refractivity contribution in [2.75, 3.05) is 0 Å². The van der Waals surface area contributed by atoms with Gasteiger partial charge in [0.15, 0.2) is 5.78 Å². The first-order chi connectivity index (χ1) is 13.0. The Morgan fingerprint density at radius 3 is 2.22 bits per heavy atom. The third-order valence-corrected chi connectivity index (χ3v) is 3.99. The fourth-order valence-corrected chi connectivity index (χ4v) is 2.44. The van der Waals surface area contributed by atoms with Crippen molar-refractivity contribution >= 4 is 29.4 Å². The Kier molecular flexibility index (Phi) is 5.79. The van der Waals surface area contributed by atoms with Crippen molar-refractivity contribution in [1.29, 1.82) is 0 Å². The molecule has 3 aromatic carbocycles. The van der Waals surface area contributed by atoms with Gasteiger partial charge in [0.05, 0.1) is 5.56 Å². The van der Waals surface area contributed by atoms with E-state index >= 15 is 0 Å². The smallest absolute Gasteiger partial charge is 0.346 e. The number of esters is 1. The maximum absolute atomic E-state index is 13.6. The van der Waals surface area contributed by atoms with Crippen LogP contribution in [-0.2, 0) is 0 Å². The molecule has 0 aliphatic rings. The Morgan fingerprint density at radius 1 is 0.889 bits per heavy atom. The monoisotopic (exact) mass is 380 g/mol. The van der Waals surface area contributed by atoms with E-state index in [2.05, 4.69) is 0 Å². The largest absolute Gasteiger partial charge is 0.423 e. The van der Waals surface area contributed by atoms with Gasteiger partial charge in [0.1, 0.15) is 11.6 Å². The highest BCUT2D eigenvalue weighted by Gasteiger charge is 2.13. The van der Waals surface area contributed by atoms with Crippen LogP contribution in [0.1, 0.15) is 26.3 Å². The van der Waals surface area contributed by atoms with Crippen molar-refractivity contribution < 1.29 is 18.7 Å². The topological polar surface area (TPSA) is 43.4 Å². The van der Waals surface area contributed by atoms with Crippen molar-refractivity contribution in [3.8, 4) is 5.75 Å². The lowest BCUT2D eigenvalue weighted by molar-refractivity contribution is 0.0730. The SMILES string of the molecule is O=C(C=Cc1ccc(Cl)cc1)c1ccc(OC(=O)c2ccccc2F)cc1. The summed E-state index contributed by atoms with van der Waals surface area (Å²) >= 11 is 5.82. The number of hydrogen-bond donors (Lipinski definition) is 0. The number of rotatable bonds is 5. The molecule has 134 valence electrons. The average Bonchev–Trinajstić information content (AvgIpc) is 2.68. The predicted octanol–water partition coefficient (Wildman–Crippen LogP) is 5.59. The summed E-state index contributed by atoms with van der Waals surface area (Å²) in [6.45, 7) is 0. The Labute approximate surface area is 160 Å². The summed E-state index contributed by atoms with van der Waals surface area (Å²) in [6, 6.07) is 18.7. The molecular formula is C22H14ClFO3. The van der Waals surface area contributed by atoms with Gasteiger partial charge in [0, 0.05) is 10.6 Å². The van der Waals surface area contributed by atoms with Crippen molar-refractivity contribution in [3.63, 3.8) is 0 Å². The Bertz CT molecular complexity index is 993. The zero-order chi connectivity index (χ0) is 19.2. The molecule has 5 heteroatoms. The lowest BCUT2D eigenvalue weighted by Gasteiger charge is -2.05. The Morgan fingerprint density at radius 2 is 1.56 bits per heavy atom. The minimum absolute atomic E-state index is 0.149. The van der Waals surface area contributed by atoms with E-state index in [-0.39, 0.29) is 17.1 Å². The summed E-state index contributed by atoms with van der Waals surface area (Å²) < 4.78 is 18.7. The van der Waals surface area contributed by atoms with E-state index in [0.29, 0.717) is 10.6 Å². The van der Waals surface area contributed by atoms with Crippen LogP contribution in [0.25, 0.3) is 6.08 Å². The zero-order valence-corrected chi connectivity index (χ0v) is 14.8. The van der Waals surface area contributed by atoms with Crippen LogP contribution in [0.3, 0.4) is 0 Å². The molecule has 0 saturated carbocycles. The highest BCUT2D eigenvalue weighted by atomic mass is 35.5. The summed E-state index contributed by atoms with van der Waals surface area (Å²) in [4.78, 5) is 24.2. The van der Waals surface area contributed by atoms with E-state index in [9.17, 15) is 14.0 Å². The van der Waals surface area contributed by atoms with E-state index in [4.69, 9.17) is 16.3 Å². The van der Waals surface area contributed by atoms with Crippen LogP contribution in [0, 0.1) is 5.82 Å². The maximum atomic E-state index is 13.6. The fraction of sp³-hybridized carbons (Fsp3) is 0. The van der Waals surface area contributed by atoms with E-state index in [1.165, 1.54) is 36.4 Å². The average molecular weight is 381 g/mol. The highest BCUT2D eigenvalue weighted by molar-refractivity contribution is 6.30. The number of hydrogen-bond acceptors (Lipinski definition) is 3. The van der Waals surface area contributed by atoms with Crippen LogP contribution < -0.4 is 4.74 Å². The highest BCUT2D eigenvalue weighted by Crippen LogP contribution is 2.17. The molecule has 0 aromatic heterocycles. The van der Waals surface area contributed by atoms with Gasteiger partial charge in [-0.3, -0.25) is 4.79 Å². The number of allylic oxidation sites excluding steroid dienone is 1. The molecule has 0 amide bonds.